The largest absolute Gasteiger partial charge is 0.351 e. The first kappa shape index (κ1) is 21.2. The van der Waals surface area contributed by atoms with Gasteiger partial charge in [0.05, 0.1) is 10.6 Å². The zero-order valence-electron chi connectivity index (χ0n) is 16.8. The molecule has 0 atom stereocenters. The van der Waals surface area contributed by atoms with E-state index in [0.29, 0.717) is 5.69 Å². The number of hydrogen-bond acceptors (Lipinski definition) is 6. The van der Waals surface area contributed by atoms with E-state index in [2.05, 4.69) is 5.10 Å². The van der Waals surface area contributed by atoms with Crippen LogP contribution in [0.4, 0.5) is 5.69 Å². The highest BCUT2D eigenvalue weighted by molar-refractivity contribution is 7.90. The first-order valence-corrected chi connectivity index (χ1v) is 11.0. The summed E-state index contributed by atoms with van der Waals surface area (Å²) in [5, 5.41) is 4.12. The van der Waals surface area contributed by atoms with E-state index in [4.69, 9.17) is 0 Å². The Morgan fingerprint density at radius 2 is 1.83 bits per heavy atom. The lowest BCUT2D eigenvalue weighted by atomic mass is 10.2. The van der Waals surface area contributed by atoms with Gasteiger partial charge in [0.15, 0.2) is 15.5 Å². The zero-order valence-corrected chi connectivity index (χ0v) is 17.6. The average molecular weight is 423 g/mol. The number of aromatic nitrogens is 2. The summed E-state index contributed by atoms with van der Waals surface area (Å²) in [5.74, 6) is -0.547. The highest BCUT2D eigenvalue weighted by Gasteiger charge is 2.13. The van der Waals surface area contributed by atoms with Crippen molar-refractivity contribution < 1.29 is 13.2 Å². The first-order chi connectivity index (χ1) is 14.2. The minimum Gasteiger partial charge on any atom is -0.351 e. The van der Waals surface area contributed by atoms with Crippen LogP contribution in [0.3, 0.4) is 0 Å². The van der Waals surface area contributed by atoms with Crippen molar-refractivity contribution in [3.05, 3.63) is 94.6 Å². The van der Waals surface area contributed by atoms with Gasteiger partial charge in [0, 0.05) is 43.5 Å². The lowest BCUT2D eigenvalue weighted by Crippen LogP contribution is -2.20. The number of aryl methyl sites for hydroxylation is 1. The highest BCUT2D eigenvalue weighted by atomic mass is 32.2. The Morgan fingerprint density at radius 1 is 1.10 bits per heavy atom. The van der Waals surface area contributed by atoms with E-state index in [1.807, 2.05) is 31.2 Å². The smallest absolute Gasteiger partial charge is 0.211 e. The summed E-state index contributed by atoms with van der Waals surface area (Å²) in [5.41, 5.74) is 1.63. The van der Waals surface area contributed by atoms with Crippen LogP contribution in [0.2, 0.25) is 0 Å². The maximum absolute atomic E-state index is 12.6. The van der Waals surface area contributed by atoms with Crippen LogP contribution >= 0.6 is 0 Å². The number of nitrogens with zero attached hydrogens (tertiary/aromatic N) is 3. The molecule has 7 nitrogen and oxygen atoms in total. The molecule has 154 valence electrons. The van der Waals surface area contributed by atoms with Crippen molar-refractivity contribution in [1.29, 1.82) is 0 Å². The molecule has 0 aliphatic heterocycles. The Balaban J connectivity index is 1.91. The number of allylic oxidation sites excluding steroid dienone is 1. The van der Waals surface area contributed by atoms with E-state index in [9.17, 15) is 18.0 Å². The molecule has 0 bridgehead atoms. The van der Waals surface area contributed by atoms with Crippen LogP contribution in [0.15, 0.2) is 82.8 Å². The molecule has 0 radical (unpaired) electrons. The molecular formula is C22H21N3O4S. The van der Waals surface area contributed by atoms with Gasteiger partial charge in [-0.2, -0.15) is 5.10 Å². The van der Waals surface area contributed by atoms with E-state index in [-0.39, 0.29) is 10.6 Å². The van der Waals surface area contributed by atoms with Crippen LogP contribution < -0.4 is 10.3 Å². The van der Waals surface area contributed by atoms with Crippen molar-refractivity contribution in [2.24, 2.45) is 0 Å². The van der Waals surface area contributed by atoms with E-state index >= 15 is 0 Å². The third-order valence-electron chi connectivity index (χ3n) is 4.50. The standard InChI is InChI=1S/C22H21N3O4S/c1-16-7-4-5-10-19(16)24(2)13-11-20(26)22-21(27)12-14-25(23-22)17-8-6-9-18(15-17)30(3,28)29/h4-15H,1-3H3/b13-11+. The number of ketones is 1. The number of para-hydroxylation sites is 1. The topological polar surface area (TPSA) is 89.3 Å². The first-order valence-electron chi connectivity index (χ1n) is 9.08. The number of carbonyl (C=O) groups is 1. The van der Waals surface area contributed by atoms with Gasteiger partial charge in [0.1, 0.15) is 0 Å². The summed E-state index contributed by atoms with van der Waals surface area (Å²) in [7, 11) is -1.60. The Labute approximate surface area is 174 Å². The molecule has 3 rings (SSSR count). The second kappa shape index (κ2) is 8.46. The molecule has 0 amide bonds. The number of anilines is 1. The van der Waals surface area contributed by atoms with Gasteiger partial charge in [-0.15, -0.1) is 0 Å². The Bertz CT molecular complexity index is 1290. The van der Waals surface area contributed by atoms with Gasteiger partial charge < -0.3 is 4.90 Å². The number of sulfone groups is 1. The maximum atomic E-state index is 12.6. The second-order valence-electron chi connectivity index (χ2n) is 6.82. The van der Waals surface area contributed by atoms with E-state index < -0.39 is 21.0 Å². The van der Waals surface area contributed by atoms with Crippen LogP contribution in [0, 0.1) is 6.92 Å². The van der Waals surface area contributed by atoms with E-state index in [0.717, 1.165) is 17.5 Å². The molecule has 8 heteroatoms. The number of rotatable bonds is 6. The van der Waals surface area contributed by atoms with Gasteiger partial charge in [0.2, 0.25) is 11.2 Å². The van der Waals surface area contributed by atoms with Crippen molar-refractivity contribution in [3.63, 3.8) is 0 Å². The summed E-state index contributed by atoms with van der Waals surface area (Å²) >= 11 is 0. The minimum atomic E-state index is -3.40. The average Bonchev–Trinajstić information content (AvgIpc) is 2.72. The van der Waals surface area contributed by atoms with Crippen molar-refractivity contribution in [2.45, 2.75) is 11.8 Å². The fraction of sp³-hybridized carbons (Fsp3) is 0.136. The molecule has 30 heavy (non-hydrogen) atoms. The van der Waals surface area contributed by atoms with Crippen LogP contribution in [0.25, 0.3) is 5.69 Å². The SMILES string of the molecule is Cc1ccccc1N(C)/C=C/C(=O)c1nn(-c2cccc(S(C)(=O)=O)c2)ccc1=O. The van der Waals surface area contributed by atoms with Gasteiger partial charge in [0.25, 0.3) is 0 Å². The third kappa shape index (κ3) is 4.72. The molecule has 1 heterocycles. The van der Waals surface area contributed by atoms with Crippen molar-refractivity contribution in [2.75, 3.05) is 18.2 Å². The Hall–Kier alpha value is -3.52. The van der Waals surface area contributed by atoms with Crippen LogP contribution in [0.1, 0.15) is 16.1 Å². The molecule has 0 aliphatic rings. The molecule has 3 aromatic rings. The predicted molar refractivity (Wildman–Crippen MR) is 116 cm³/mol. The zero-order chi connectivity index (χ0) is 21.9. The number of hydrogen-bond donors (Lipinski definition) is 0. The van der Waals surface area contributed by atoms with Gasteiger partial charge in [-0.05, 0) is 36.8 Å². The quantitative estimate of drug-likeness (QED) is 0.447. The fourth-order valence-electron chi connectivity index (χ4n) is 2.88. The maximum Gasteiger partial charge on any atom is 0.211 e. The molecule has 0 N–H and O–H groups in total. The Kier molecular flexibility index (Phi) is 5.98. The van der Waals surface area contributed by atoms with Gasteiger partial charge in [-0.1, -0.05) is 24.3 Å². The van der Waals surface area contributed by atoms with Crippen molar-refractivity contribution >= 4 is 21.3 Å². The monoisotopic (exact) mass is 423 g/mol. The fourth-order valence-corrected chi connectivity index (χ4v) is 3.54. The van der Waals surface area contributed by atoms with E-state index in [1.165, 1.54) is 35.2 Å². The van der Waals surface area contributed by atoms with Gasteiger partial charge in [-0.3, -0.25) is 9.59 Å². The second-order valence-corrected chi connectivity index (χ2v) is 8.84. The molecule has 0 fully saturated rings. The molecule has 0 saturated heterocycles. The van der Waals surface area contributed by atoms with Crippen molar-refractivity contribution in [1.82, 2.24) is 9.78 Å². The number of benzene rings is 2. The molecule has 0 unspecified atom stereocenters. The third-order valence-corrected chi connectivity index (χ3v) is 5.61. The molecule has 2 aromatic carbocycles. The van der Waals surface area contributed by atoms with Crippen LogP contribution in [-0.4, -0.2) is 37.3 Å². The highest BCUT2D eigenvalue weighted by Crippen LogP contribution is 2.18. The lowest BCUT2D eigenvalue weighted by molar-refractivity contribution is 0.103. The van der Waals surface area contributed by atoms with Crippen LogP contribution in [-0.2, 0) is 9.84 Å². The molecule has 0 aliphatic carbocycles. The number of carbonyl (C=O) groups excluding carboxylic acids is 1. The molecule has 1 aromatic heterocycles. The summed E-state index contributed by atoms with van der Waals surface area (Å²) in [6.45, 7) is 1.96. The van der Waals surface area contributed by atoms with Crippen LogP contribution in [0.5, 0.6) is 0 Å². The summed E-state index contributed by atoms with van der Waals surface area (Å²) in [6.07, 6.45) is 5.36. The molecule has 0 saturated carbocycles. The summed E-state index contributed by atoms with van der Waals surface area (Å²) < 4.78 is 24.9. The van der Waals surface area contributed by atoms with Gasteiger partial charge in [-0.25, -0.2) is 13.1 Å². The normalized spacial score (nSPS) is 11.6. The van der Waals surface area contributed by atoms with Gasteiger partial charge >= 0.3 is 0 Å². The summed E-state index contributed by atoms with van der Waals surface area (Å²) in [6, 6.07) is 15.1. The van der Waals surface area contributed by atoms with Crippen molar-refractivity contribution in [3.8, 4) is 5.69 Å². The predicted octanol–water partition coefficient (Wildman–Crippen LogP) is 2.78. The minimum absolute atomic E-state index is 0.119. The summed E-state index contributed by atoms with van der Waals surface area (Å²) in [4.78, 5) is 26.7. The molecule has 0 spiro atoms. The van der Waals surface area contributed by atoms with E-state index in [1.54, 1.807) is 30.3 Å². The lowest BCUT2D eigenvalue weighted by Gasteiger charge is -2.16. The Morgan fingerprint density at radius 3 is 2.53 bits per heavy atom. The molecular weight excluding hydrogens is 402 g/mol.